The lowest BCUT2D eigenvalue weighted by atomic mass is 9.84. The van der Waals surface area contributed by atoms with Crippen LogP contribution >= 0.6 is 0 Å². The molecular formula is C18H25N3O4S. The van der Waals surface area contributed by atoms with Crippen molar-refractivity contribution in [1.82, 2.24) is 4.72 Å². The molecule has 3 aliphatic rings. The summed E-state index contributed by atoms with van der Waals surface area (Å²) in [6.45, 7) is 0. The molecule has 4 N–H and O–H groups in total. The van der Waals surface area contributed by atoms with Gasteiger partial charge in [-0.3, -0.25) is 4.79 Å². The van der Waals surface area contributed by atoms with Gasteiger partial charge in [0.1, 0.15) is 5.75 Å². The molecule has 0 heterocycles. The molecule has 7 nitrogen and oxygen atoms in total. The first kappa shape index (κ1) is 17.8. The van der Waals surface area contributed by atoms with Crippen LogP contribution in [0.3, 0.4) is 0 Å². The van der Waals surface area contributed by atoms with Crippen LogP contribution in [0, 0.1) is 17.8 Å². The minimum atomic E-state index is -3.60. The molecule has 2 bridgehead atoms. The first-order valence-electron chi connectivity index (χ1n) is 9.16. The number of benzene rings is 1. The van der Waals surface area contributed by atoms with E-state index in [9.17, 15) is 13.2 Å². The Morgan fingerprint density at radius 3 is 2.54 bits per heavy atom. The van der Waals surface area contributed by atoms with E-state index in [0.29, 0.717) is 23.3 Å². The molecule has 1 aromatic rings. The van der Waals surface area contributed by atoms with E-state index in [0.717, 1.165) is 32.1 Å². The Labute approximate surface area is 153 Å². The smallest absolute Gasteiger partial charge is 0.240 e. The van der Waals surface area contributed by atoms with E-state index in [4.69, 9.17) is 10.5 Å². The molecule has 4 rings (SSSR count). The van der Waals surface area contributed by atoms with Crippen molar-refractivity contribution in [1.29, 1.82) is 0 Å². The van der Waals surface area contributed by atoms with E-state index in [2.05, 4.69) is 10.0 Å². The number of nitrogens with one attached hydrogen (secondary N) is 2. The van der Waals surface area contributed by atoms with Gasteiger partial charge in [-0.15, -0.1) is 0 Å². The number of amides is 1. The molecule has 3 aliphatic carbocycles. The summed E-state index contributed by atoms with van der Waals surface area (Å²) in [6, 6.07) is 4.41. The van der Waals surface area contributed by atoms with Crippen molar-refractivity contribution in [3.63, 3.8) is 0 Å². The van der Waals surface area contributed by atoms with Crippen LogP contribution in [0.15, 0.2) is 23.1 Å². The van der Waals surface area contributed by atoms with Gasteiger partial charge in [-0.2, -0.15) is 0 Å². The Bertz CT molecular complexity index is 820. The summed E-state index contributed by atoms with van der Waals surface area (Å²) < 4.78 is 32.8. The molecule has 3 saturated carbocycles. The van der Waals surface area contributed by atoms with Gasteiger partial charge in [0.15, 0.2) is 0 Å². The molecule has 4 unspecified atom stereocenters. The van der Waals surface area contributed by atoms with Crippen molar-refractivity contribution in [2.75, 3.05) is 12.4 Å². The summed E-state index contributed by atoms with van der Waals surface area (Å²) in [5, 5.41) is 2.86. The monoisotopic (exact) mass is 379 g/mol. The number of hydrogen-bond donors (Lipinski definition) is 3. The number of rotatable bonds is 6. The number of hydrogen-bond acceptors (Lipinski definition) is 5. The maximum Gasteiger partial charge on any atom is 0.240 e. The van der Waals surface area contributed by atoms with Crippen LogP contribution in [0.4, 0.5) is 5.69 Å². The van der Waals surface area contributed by atoms with Gasteiger partial charge >= 0.3 is 0 Å². The van der Waals surface area contributed by atoms with E-state index in [1.54, 1.807) is 6.07 Å². The summed E-state index contributed by atoms with van der Waals surface area (Å²) in [4.78, 5) is 12.9. The fourth-order valence-corrected chi connectivity index (χ4v) is 5.71. The number of ether oxygens (including phenoxy) is 1. The first-order chi connectivity index (χ1) is 12.4. The highest BCUT2D eigenvalue weighted by molar-refractivity contribution is 7.89. The predicted octanol–water partition coefficient (Wildman–Crippen LogP) is 1.45. The second kappa shape index (κ2) is 6.51. The molecule has 0 spiro atoms. The second-order valence-electron chi connectivity index (χ2n) is 7.68. The maximum absolute atomic E-state index is 12.8. The van der Waals surface area contributed by atoms with Crippen LogP contribution in [-0.2, 0) is 14.8 Å². The van der Waals surface area contributed by atoms with Gasteiger partial charge in [0, 0.05) is 12.1 Å². The van der Waals surface area contributed by atoms with Crippen LogP contribution in [0.2, 0.25) is 0 Å². The predicted molar refractivity (Wildman–Crippen MR) is 97.3 cm³/mol. The summed E-state index contributed by atoms with van der Waals surface area (Å²) >= 11 is 0. The number of carbonyl (C=O) groups is 1. The molecule has 0 aromatic heterocycles. The van der Waals surface area contributed by atoms with E-state index in [-0.39, 0.29) is 28.8 Å². The van der Waals surface area contributed by atoms with Crippen LogP contribution < -0.4 is 20.5 Å². The van der Waals surface area contributed by atoms with Crippen LogP contribution in [0.25, 0.3) is 0 Å². The van der Waals surface area contributed by atoms with Gasteiger partial charge in [0.05, 0.1) is 23.6 Å². The van der Waals surface area contributed by atoms with Crippen LogP contribution in [-0.4, -0.2) is 33.5 Å². The lowest BCUT2D eigenvalue weighted by Gasteiger charge is -2.27. The molecule has 4 atom stereocenters. The van der Waals surface area contributed by atoms with Crippen LogP contribution in [0.5, 0.6) is 5.75 Å². The third kappa shape index (κ3) is 3.21. The number of fused-ring (bicyclic) bond motifs is 2. The Kier molecular flexibility index (Phi) is 4.45. The first-order valence-corrected chi connectivity index (χ1v) is 10.6. The average Bonchev–Trinajstić information content (AvgIpc) is 3.17. The van der Waals surface area contributed by atoms with Crippen molar-refractivity contribution in [2.45, 2.75) is 49.1 Å². The van der Waals surface area contributed by atoms with Gasteiger partial charge in [-0.05, 0) is 62.1 Å². The van der Waals surface area contributed by atoms with Crippen molar-refractivity contribution in [2.24, 2.45) is 23.5 Å². The van der Waals surface area contributed by atoms with Crippen molar-refractivity contribution < 1.29 is 17.9 Å². The maximum atomic E-state index is 12.8. The number of carbonyl (C=O) groups excluding carboxylic acids is 1. The molecule has 0 saturated heterocycles. The number of nitrogens with two attached hydrogens (primary N) is 1. The highest BCUT2D eigenvalue weighted by Crippen LogP contribution is 2.48. The minimum Gasteiger partial charge on any atom is -0.495 e. The molecule has 0 radical (unpaired) electrons. The largest absolute Gasteiger partial charge is 0.495 e. The van der Waals surface area contributed by atoms with E-state index in [1.165, 1.54) is 19.2 Å². The summed E-state index contributed by atoms with van der Waals surface area (Å²) in [7, 11) is -2.11. The molecular weight excluding hydrogens is 354 g/mol. The normalized spacial score (nSPS) is 30.4. The van der Waals surface area contributed by atoms with Gasteiger partial charge in [0.25, 0.3) is 0 Å². The van der Waals surface area contributed by atoms with Gasteiger partial charge in [-0.25, -0.2) is 13.1 Å². The fraction of sp³-hybridized carbons (Fsp3) is 0.611. The zero-order valence-corrected chi connectivity index (χ0v) is 15.6. The average molecular weight is 379 g/mol. The number of methoxy groups -OCH3 is 1. The summed E-state index contributed by atoms with van der Waals surface area (Å²) in [5.74, 6) is 0.813. The molecule has 3 fully saturated rings. The standard InChI is InChI=1S/C18H25N3O4S/c1-25-15-7-6-13(26(23,24)21-12-4-5-12)9-14(15)20-18(22)16-10-2-3-11(8-10)17(16)19/h6-7,9-12,16-17,21H,2-5,8,19H2,1H3,(H,20,22). The molecule has 0 aliphatic heterocycles. The topological polar surface area (TPSA) is 111 Å². The van der Waals surface area contributed by atoms with Gasteiger partial charge in [0.2, 0.25) is 15.9 Å². The van der Waals surface area contributed by atoms with E-state index >= 15 is 0 Å². The van der Waals surface area contributed by atoms with E-state index in [1.807, 2.05) is 0 Å². The van der Waals surface area contributed by atoms with Crippen LogP contribution in [0.1, 0.15) is 32.1 Å². The molecule has 8 heteroatoms. The highest BCUT2D eigenvalue weighted by Gasteiger charge is 2.49. The third-order valence-electron chi connectivity index (χ3n) is 5.92. The molecule has 1 amide bonds. The Morgan fingerprint density at radius 2 is 1.92 bits per heavy atom. The molecule has 142 valence electrons. The van der Waals surface area contributed by atoms with Crippen molar-refractivity contribution in [3.05, 3.63) is 18.2 Å². The van der Waals surface area contributed by atoms with E-state index < -0.39 is 10.0 Å². The molecule has 26 heavy (non-hydrogen) atoms. The minimum absolute atomic E-state index is 0.0205. The summed E-state index contributed by atoms with van der Waals surface area (Å²) in [5.41, 5.74) is 6.62. The lowest BCUT2D eigenvalue weighted by Crippen LogP contribution is -2.42. The Balaban J connectivity index is 1.56. The lowest BCUT2D eigenvalue weighted by molar-refractivity contribution is -0.121. The Hall–Kier alpha value is -1.64. The number of sulfonamides is 1. The highest BCUT2D eigenvalue weighted by atomic mass is 32.2. The van der Waals surface area contributed by atoms with Gasteiger partial charge in [-0.1, -0.05) is 0 Å². The zero-order valence-electron chi connectivity index (χ0n) is 14.8. The van der Waals surface area contributed by atoms with Crippen molar-refractivity contribution in [3.8, 4) is 5.75 Å². The SMILES string of the molecule is COc1ccc(S(=O)(=O)NC2CC2)cc1NC(=O)C1C2CCC(C2)C1N. The summed E-state index contributed by atoms with van der Waals surface area (Å²) in [6.07, 6.45) is 4.87. The second-order valence-corrected chi connectivity index (χ2v) is 9.40. The number of anilines is 1. The quantitative estimate of drug-likeness (QED) is 0.693. The Morgan fingerprint density at radius 1 is 1.19 bits per heavy atom. The third-order valence-corrected chi connectivity index (χ3v) is 7.44. The zero-order chi connectivity index (χ0) is 18.5. The molecule has 1 aromatic carbocycles. The van der Waals surface area contributed by atoms with Gasteiger partial charge < -0.3 is 15.8 Å². The van der Waals surface area contributed by atoms with Crippen molar-refractivity contribution >= 4 is 21.6 Å². The fourth-order valence-electron chi connectivity index (χ4n) is 4.38.